The quantitative estimate of drug-likeness (QED) is 0.298. The lowest BCUT2D eigenvalue weighted by Gasteiger charge is -2.30. The zero-order valence-electron chi connectivity index (χ0n) is 23.8. The molecule has 0 saturated heterocycles. The summed E-state index contributed by atoms with van der Waals surface area (Å²) in [7, 11) is 2.25. The first-order valence-corrected chi connectivity index (χ1v) is 15.8. The molecule has 1 atom stereocenters. The van der Waals surface area contributed by atoms with E-state index >= 15 is 0 Å². The van der Waals surface area contributed by atoms with Gasteiger partial charge in [0.05, 0.1) is 16.1 Å². The summed E-state index contributed by atoms with van der Waals surface area (Å²) in [4.78, 5) is 4.02. The van der Waals surface area contributed by atoms with Crippen LogP contribution in [0.5, 0.6) is 0 Å². The van der Waals surface area contributed by atoms with Crippen LogP contribution in [0.3, 0.4) is 0 Å². The first kappa shape index (κ1) is 24.5. The highest BCUT2D eigenvalue weighted by Crippen LogP contribution is 2.51. The second-order valence-corrected chi connectivity index (χ2v) is 13.8. The fourth-order valence-electron chi connectivity index (χ4n) is 7.92. The summed E-state index contributed by atoms with van der Waals surface area (Å²) in [5.74, 6) is 0.703. The SMILES string of the molecule is C[N+]1=C(/C=C2/C=C3C=C(/C=C4\Sc5cccc6c5N4CCC6)CCC3CC2)C(C)(C)c2c1ccc1ccccc21. The van der Waals surface area contributed by atoms with Crippen LogP contribution in [0.4, 0.5) is 11.4 Å². The lowest BCUT2D eigenvalue weighted by molar-refractivity contribution is -0.401. The maximum absolute atomic E-state index is 2.59. The number of benzene rings is 3. The van der Waals surface area contributed by atoms with Crippen molar-refractivity contribution in [1.82, 2.24) is 0 Å². The summed E-state index contributed by atoms with van der Waals surface area (Å²) in [6, 6.07) is 20.3. The lowest BCUT2D eigenvalue weighted by Crippen LogP contribution is -2.27. The standard InChI is InChI=1S/C37H37N2S/c1-37(2)33(38(3)31-18-17-27-8-4-5-11-30(27)35(31)37)22-24-13-15-26-16-14-25(21-29(26)20-24)23-34-39-19-7-10-28-9-6-12-32(40-34)36(28)39/h4-6,8-9,11-12,17-18,20-23,26H,7,10,13-16,19H2,1-3H3/q+1. The summed E-state index contributed by atoms with van der Waals surface area (Å²) in [5, 5.41) is 4.14. The number of anilines is 1. The molecule has 3 heteroatoms. The van der Waals surface area contributed by atoms with Gasteiger partial charge in [-0.1, -0.05) is 60.3 Å². The Morgan fingerprint density at radius 3 is 2.73 bits per heavy atom. The van der Waals surface area contributed by atoms with Crippen LogP contribution in [-0.4, -0.2) is 23.9 Å². The minimum Gasteiger partial charge on any atom is -0.335 e. The Morgan fingerprint density at radius 1 is 0.925 bits per heavy atom. The normalized spacial score (nSPS) is 24.8. The molecule has 3 aliphatic heterocycles. The van der Waals surface area contributed by atoms with Crippen molar-refractivity contribution in [3.05, 3.63) is 112 Å². The molecule has 1 unspecified atom stereocenters. The van der Waals surface area contributed by atoms with E-state index in [0.717, 1.165) is 6.54 Å². The maximum Gasteiger partial charge on any atom is 0.210 e. The highest BCUT2D eigenvalue weighted by atomic mass is 32.2. The number of fused-ring (bicyclic) bond motifs is 4. The van der Waals surface area contributed by atoms with Gasteiger partial charge in [0.15, 0.2) is 5.71 Å². The second-order valence-electron chi connectivity index (χ2n) is 12.7. The fraction of sp³-hybridized carbons (Fsp3) is 0.324. The predicted molar refractivity (Wildman–Crippen MR) is 170 cm³/mol. The van der Waals surface area contributed by atoms with Crippen LogP contribution in [0.15, 0.2) is 106 Å². The molecule has 0 saturated carbocycles. The van der Waals surface area contributed by atoms with Gasteiger partial charge in [0.25, 0.3) is 0 Å². The van der Waals surface area contributed by atoms with Crippen molar-refractivity contribution in [3.8, 4) is 0 Å². The van der Waals surface area contributed by atoms with Crippen molar-refractivity contribution >= 4 is 39.6 Å². The summed E-state index contributed by atoms with van der Waals surface area (Å²) in [6.45, 7) is 5.95. The Bertz CT molecular complexity index is 1740. The van der Waals surface area contributed by atoms with E-state index in [2.05, 4.69) is 109 Å². The first-order chi connectivity index (χ1) is 19.5. The molecule has 200 valence electrons. The van der Waals surface area contributed by atoms with Gasteiger partial charge in [0.2, 0.25) is 5.69 Å². The Kier molecular flexibility index (Phi) is 5.58. The summed E-state index contributed by atoms with van der Waals surface area (Å²) < 4.78 is 2.44. The van der Waals surface area contributed by atoms with Gasteiger partial charge in [-0.3, -0.25) is 0 Å². The van der Waals surface area contributed by atoms with Crippen LogP contribution >= 0.6 is 11.8 Å². The minimum atomic E-state index is -0.0344. The molecule has 0 amide bonds. The van der Waals surface area contributed by atoms with E-state index in [1.165, 1.54) is 104 Å². The summed E-state index contributed by atoms with van der Waals surface area (Å²) in [5.41, 5.74) is 11.7. The second kappa shape index (κ2) is 9.11. The molecule has 0 spiro atoms. The van der Waals surface area contributed by atoms with Gasteiger partial charge >= 0.3 is 0 Å². The van der Waals surface area contributed by atoms with Gasteiger partial charge < -0.3 is 4.90 Å². The molecule has 3 aromatic carbocycles. The molecule has 2 nitrogen and oxygen atoms in total. The van der Waals surface area contributed by atoms with E-state index in [1.54, 1.807) is 0 Å². The molecule has 8 rings (SSSR count). The molecule has 0 radical (unpaired) electrons. The highest BCUT2D eigenvalue weighted by Gasteiger charge is 2.44. The molecule has 0 aromatic heterocycles. The topological polar surface area (TPSA) is 6.25 Å². The van der Waals surface area contributed by atoms with E-state index in [0.29, 0.717) is 5.92 Å². The van der Waals surface area contributed by atoms with Gasteiger partial charge in [-0.15, -0.1) is 0 Å². The minimum absolute atomic E-state index is 0.0344. The number of hydrogen-bond acceptors (Lipinski definition) is 2. The van der Waals surface area contributed by atoms with Crippen molar-refractivity contribution in [1.29, 1.82) is 0 Å². The van der Waals surface area contributed by atoms with Crippen molar-refractivity contribution in [3.63, 3.8) is 0 Å². The zero-order chi connectivity index (χ0) is 27.0. The molecule has 0 N–H and O–H groups in total. The Balaban J connectivity index is 1.13. The zero-order valence-corrected chi connectivity index (χ0v) is 24.7. The third-order valence-corrected chi connectivity index (χ3v) is 11.0. The average Bonchev–Trinajstić information content (AvgIpc) is 3.42. The molecule has 0 fully saturated rings. The predicted octanol–water partition coefficient (Wildman–Crippen LogP) is 9.23. The molecule has 3 heterocycles. The summed E-state index contributed by atoms with van der Waals surface area (Å²) >= 11 is 1.97. The van der Waals surface area contributed by atoms with E-state index < -0.39 is 0 Å². The van der Waals surface area contributed by atoms with Crippen LogP contribution in [-0.2, 0) is 11.8 Å². The number of aryl methyl sites for hydroxylation is 1. The number of para-hydroxylation sites is 1. The Hall–Kier alpha value is -3.30. The lowest BCUT2D eigenvalue weighted by atomic mass is 9.75. The van der Waals surface area contributed by atoms with Crippen molar-refractivity contribution in [2.24, 2.45) is 5.92 Å². The number of nitrogens with zero attached hydrogens (tertiary/aromatic N) is 2. The van der Waals surface area contributed by atoms with Gasteiger partial charge in [-0.05, 0) is 110 Å². The largest absolute Gasteiger partial charge is 0.335 e. The molecule has 0 bridgehead atoms. The molecular formula is C37H37N2S+. The Morgan fingerprint density at radius 2 is 1.80 bits per heavy atom. The maximum atomic E-state index is 2.59. The fourth-order valence-corrected chi connectivity index (χ4v) is 9.13. The van der Waals surface area contributed by atoms with Crippen LogP contribution in [0.25, 0.3) is 10.8 Å². The van der Waals surface area contributed by atoms with E-state index in [4.69, 9.17) is 0 Å². The third-order valence-electron chi connectivity index (χ3n) is 9.93. The van der Waals surface area contributed by atoms with Gasteiger partial charge in [-0.2, -0.15) is 4.58 Å². The van der Waals surface area contributed by atoms with Gasteiger partial charge in [0.1, 0.15) is 7.05 Å². The van der Waals surface area contributed by atoms with Crippen LogP contribution in [0.2, 0.25) is 0 Å². The monoisotopic (exact) mass is 541 g/mol. The molecular weight excluding hydrogens is 504 g/mol. The van der Waals surface area contributed by atoms with Crippen LogP contribution in [0, 0.1) is 5.92 Å². The number of hydrogen-bond donors (Lipinski definition) is 0. The van der Waals surface area contributed by atoms with E-state index in [1.807, 2.05) is 11.8 Å². The average molecular weight is 542 g/mol. The van der Waals surface area contributed by atoms with Crippen LogP contribution in [0.1, 0.15) is 57.1 Å². The van der Waals surface area contributed by atoms with E-state index in [9.17, 15) is 0 Å². The summed E-state index contributed by atoms with van der Waals surface area (Å²) in [6.07, 6.45) is 17.4. The van der Waals surface area contributed by atoms with Gasteiger partial charge in [-0.25, -0.2) is 0 Å². The first-order valence-electron chi connectivity index (χ1n) is 15.0. The smallest absolute Gasteiger partial charge is 0.210 e. The van der Waals surface area contributed by atoms with Crippen LogP contribution < -0.4 is 4.90 Å². The molecule has 3 aromatic rings. The number of thioether (sulfide) groups is 1. The van der Waals surface area contributed by atoms with Gasteiger partial charge in [0, 0.05) is 29.1 Å². The van der Waals surface area contributed by atoms with Crippen molar-refractivity contribution in [2.45, 2.75) is 62.7 Å². The number of rotatable bonds is 2. The third kappa shape index (κ3) is 3.74. The van der Waals surface area contributed by atoms with Crippen molar-refractivity contribution < 1.29 is 4.58 Å². The molecule has 40 heavy (non-hydrogen) atoms. The van der Waals surface area contributed by atoms with E-state index in [-0.39, 0.29) is 5.41 Å². The number of allylic oxidation sites excluding steroid dienone is 7. The molecule has 2 aliphatic carbocycles. The molecule has 5 aliphatic rings. The van der Waals surface area contributed by atoms with Crippen molar-refractivity contribution in [2.75, 3.05) is 18.5 Å². The Labute approximate surface area is 242 Å². The highest BCUT2D eigenvalue weighted by molar-refractivity contribution is 8.03.